The molecule has 2 heterocycles. The maximum atomic E-state index is 12.9. The first kappa shape index (κ1) is 18.7. The standard InChI is InChI=1S/C19H19ClN2O3S/c1-4-9-25-18(24)15-11(3)21-19-22(17(23)14(5-2)26-19)16(15)12-7-6-8-13(20)10-12/h4,6-8,10,14,16H,1,5,9H2,2-3H3. The third-order valence-corrected chi connectivity index (χ3v) is 5.79. The molecular formula is C19H19ClN2O3S. The minimum atomic E-state index is -0.602. The van der Waals surface area contributed by atoms with Gasteiger partial charge in [0.05, 0.1) is 22.6 Å². The first-order chi connectivity index (χ1) is 12.5. The Bertz CT molecular complexity index is 834. The second kappa shape index (κ2) is 7.68. The number of rotatable bonds is 5. The van der Waals surface area contributed by atoms with Gasteiger partial charge in [-0.05, 0) is 31.0 Å². The van der Waals surface area contributed by atoms with Crippen LogP contribution in [0.1, 0.15) is 31.9 Å². The average molecular weight is 391 g/mol. The molecule has 0 aliphatic carbocycles. The van der Waals surface area contributed by atoms with Gasteiger partial charge in [0, 0.05) is 5.02 Å². The zero-order valence-corrected chi connectivity index (χ0v) is 16.1. The number of amides is 1. The summed E-state index contributed by atoms with van der Waals surface area (Å²) in [7, 11) is 0. The van der Waals surface area contributed by atoms with Crippen molar-refractivity contribution in [3.8, 4) is 0 Å². The van der Waals surface area contributed by atoms with Crippen LogP contribution in [0.2, 0.25) is 5.02 Å². The van der Waals surface area contributed by atoms with Crippen molar-refractivity contribution in [2.75, 3.05) is 6.61 Å². The summed E-state index contributed by atoms with van der Waals surface area (Å²) in [5, 5.41) is 0.950. The van der Waals surface area contributed by atoms with Crippen LogP contribution in [0.25, 0.3) is 0 Å². The lowest BCUT2D eigenvalue weighted by atomic mass is 9.94. The van der Waals surface area contributed by atoms with Crippen molar-refractivity contribution in [1.29, 1.82) is 0 Å². The Morgan fingerprint density at radius 2 is 2.27 bits per heavy atom. The number of amidine groups is 1. The number of hydrogen-bond acceptors (Lipinski definition) is 5. The predicted molar refractivity (Wildman–Crippen MR) is 104 cm³/mol. The van der Waals surface area contributed by atoms with E-state index >= 15 is 0 Å². The number of hydrogen-bond donors (Lipinski definition) is 0. The van der Waals surface area contributed by atoms with E-state index in [1.165, 1.54) is 17.8 Å². The summed E-state index contributed by atoms with van der Waals surface area (Å²) in [6.45, 7) is 7.38. The largest absolute Gasteiger partial charge is 0.458 e. The third kappa shape index (κ3) is 3.31. The summed E-state index contributed by atoms with van der Waals surface area (Å²) in [6.07, 6.45) is 2.19. The molecule has 2 aliphatic rings. The topological polar surface area (TPSA) is 59.0 Å². The number of allylic oxidation sites excluding steroid dienone is 1. The Balaban J connectivity index is 2.12. The lowest BCUT2D eigenvalue weighted by molar-refractivity contribution is -0.139. The maximum absolute atomic E-state index is 12.9. The highest BCUT2D eigenvalue weighted by Crippen LogP contribution is 2.44. The Kier molecular flexibility index (Phi) is 5.53. The number of thioether (sulfide) groups is 1. The van der Waals surface area contributed by atoms with Crippen LogP contribution in [0.15, 0.2) is 53.2 Å². The van der Waals surface area contributed by atoms with Crippen molar-refractivity contribution in [2.45, 2.75) is 31.6 Å². The van der Waals surface area contributed by atoms with E-state index in [2.05, 4.69) is 11.6 Å². The minimum absolute atomic E-state index is 0.0530. The van der Waals surface area contributed by atoms with E-state index in [0.29, 0.717) is 27.9 Å². The van der Waals surface area contributed by atoms with Crippen LogP contribution in [0.3, 0.4) is 0 Å². The molecule has 0 saturated carbocycles. The number of halogens is 1. The molecule has 1 amide bonds. The zero-order chi connectivity index (χ0) is 18.8. The molecule has 0 bridgehead atoms. The summed E-state index contributed by atoms with van der Waals surface area (Å²) in [5.74, 6) is -0.560. The number of esters is 1. The van der Waals surface area contributed by atoms with Gasteiger partial charge in [0.25, 0.3) is 0 Å². The van der Waals surface area contributed by atoms with Gasteiger partial charge in [0.15, 0.2) is 5.17 Å². The van der Waals surface area contributed by atoms with Crippen molar-refractivity contribution >= 4 is 40.4 Å². The Labute approximate surface area is 161 Å². The van der Waals surface area contributed by atoms with Gasteiger partial charge < -0.3 is 4.74 Å². The molecule has 1 fully saturated rings. The zero-order valence-electron chi connectivity index (χ0n) is 14.6. The molecule has 3 rings (SSSR count). The van der Waals surface area contributed by atoms with Crippen LogP contribution in [-0.2, 0) is 14.3 Å². The Morgan fingerprint density at radius 1 is 1.50 bits per heavy atom. The van der Waals surface area contributed by atoms with Gasteiger partial charge in [-0.25, -0.2) is 9.79 Å². The molecule has 7 heteroatoms. The van der Waals surface area contributed by atoms with E-state index in [9.17, 15) is 9.59 Å². The predicted octanol–water partition coefficient (Wildman–Crippen LogP) is 4.11. The molecule has 0 radical (unpaired) electrons. The number of nitrogens with zero attached hydrogens (tertiary/aromatic N) is 2. The second-order valence-corrected chi connectivity index (χ2v) is 7.57. The Hall–Kier alpha value is -2.05. The van der Waals surface area contributed by atoms with Gasteiger partial charge in [-0.2, -0.15) is 0 Å². The average Bonchev–Trinajstić information content (AvgIpc) is 2.93. The summed E-state index contributed by atoms with van der Waals surface area (Å²) in [5.41, 5.74) is 1.65. The number of benzene rings is 1. The summed E-state index contributed by atoms with van der Waals surface area (Å²) in [6, 6.07) is 6.57. The molecule has 0 spiro atoms. The molecule has 1 saturated heterocycles. The van der Waals surface area contributed by atoms with Crippen LogP contribution in [0.4, 0.5) is 0 Å². The van der Waals surface area contributed by atoms with Crippen LogP contribution >= 0.6 is 23.4 Å². The molecule has 5 nitrogen and oxygen atoms in total. The SMILES string of the molecule is C=CCOC(=O)C1=C(C)N=C2SC(CC)C(=O)N2C1c1cccc(Cl)c1. The van der Waals surface area contributed by atoms with Crippen LogP contribution in [0, 0.1) is 0 Å². The van der Waals surface area contributed by atoms with Crippen molar-refractivity contribution in [3.63, 3.8) is 0 Å². The van der Waals surface area contributed by atoms with E-state index in [1.54, 1.807) is 30.0 Å². The number of carbonyl (C=O) groups excluding carboxylic acids is 2. The van der Waals surface area contributed by atoms with Crippen LogP contribution in [0.5, 0.6) is 0 Å². The van der Waals surface area contributed by atoms with Gasteiger partial charge >= 0.3 is 5.97 Å². The van der Waals surface area contributed by atoms with E-state index in [4.69, 9.17) is 16.3 Å². The van der Waals surface area contributed by atoms with Crippen molar-refractivity contribution in [2.24, 2.45) is 4.99 Å². The summed E-state index contributed by atoms with van der Waals surface area (Å²) >= 11 is 7.59. The van der Waals surface area contributed by atoms with Crippen LogP contribution < -0.4 is 0 Å². The molecule has 26 heavy (non-hydrogen) atoms. The highest BCUT2D eigenvalue weighted by Gasteiger charge is 2.47. The quantitative estimate of drug-likeness (QED) is 0.560. The van der Waals surface area contributed by atoms with Gasteiger partial charge in [-0.3, -0.25) is 9.69 Å². The van der Waals surface area contributed by atoms with E-state index in [1.807, 2.05) is 13.0 Å². The van der Waals surface area contributed by atoms with Crippen molar-refractivity contribution in [1.82, 2.24) is 4.90 Å². The maximum Gasteiger partial charge on any atom is 0.338 e. The molecular weight excluding hydrogens is 372 g/mol. The molecule has 2 atom stereocenters. The Morgan fingerprint density at radius 3 is 2.92 bits per heavy atom. The molecule has 1 aromatic rings. The highest BCUT2D eigenvalue weighted by molar-refractivity contribution is 8.15. The lowest BCUT2D eigenvalue weighted by Gasteiger charge is -2.33. The monoisotopic (exact) mass is 390 g/mol. The van der Waals surface area contributed by atoms with Gasteiger partial charge in [-0.15, -0.1) is 0 Å². The molecule has 2 aliphatic heterocycles. The fraction of sp³-hybridized carbons (Fsp3) is 0.316. The summed E-state index contributed by atoms with van der Waals surface area (Å²) < 4.78 is 5.26. The number of aliphatic imine (C=N–C) groups is 1. The van der Waals surface area contributed by atoms with Crippen LogP contribution in [-0.4, -0.2) is 33.8 Å². The van der Waals surface area contributed by atoms with Gasteiger partial charge in [0.2, 0.25) is 5.91 Å². The molecule has 2 unspecified atom stereocenters. The fourth-order valence-corrected chi connectivity index (χ4v) is 4.39. The fourth-order valence-electron chi connectivity index (χ4n) is 3.05. The minimum Gasteiger partial charge on any atom is -0.458 e. The van der Waals surface area contributed by atoms with Crippen molar-refractivity contribution < 1.29 is 14.3 Å². The first-order valence-corrected chi connectivity index (χ1v) is 9.56. The van der Waals surface area contributed by atoms with E-state index in [0.717, 1.165) is 5.56 Å². The van der Waals surface area contributed by atoms with Crippen molar-refractivity contribution in [3.05, 3.63) is 58.8 Å². The number of carbonyl (C=O) groups is 2. The molecule has 0 aromatic heterocycles. The second-order valence-electron chi connectivity index (χ2n) is 5.96. The number of fused-ring (bicyclic) bond motifs is 1. The lowest BCUT2D eigenvalue weighted by Crippen LogP contribution is -2.40. The van der Waals surface area contributed by atoms with E-state index in [-0.39, 0.29) is 17.8 Å². The first-order valence-electron chi connectivity index (χ1n) is 8.30. The normalized spacial score (nSPS) is 22.2. The van der Waals surface area contributed by atoms with Gasteiger partial charge in [0.1, 0.15) is 6.61 Å². The highest BCUT2D eigenvalue weighted by atomic mass is 35.5. The molecule has 0 N–H and O–H groups in total. The number of ether oxygens (including phenoxy) is 1. The smallest absolute Gasteiger partial charge is 0.338 e. The third-order valence-electron chi connectivity index (χ3n) is 4.24. The summed E-state index contributed by atoms with van der Waals surface area (Å²) in [4.78, 5) is 31.7. The van der Waals surface area contributed by atoms with Gasteiger partial charge in [-0.1, -0.05) is 55.1 Å². The molecule has 136 valence electrons. The van der Waals surface area contributed by atoms with E-state index < -0.39 is 12.0 Å². The molecule has 1 aromatic carbocycles.